The lowest BCUT2D eigenvalue weighted by atomic mass is 10.4. The molecule has 1 heterocycles. The lowest BCUT2D eigenvalue weighted by molar-refractivity contribution is 0.0996. The molecule has 1 aromatic heterocycles. The molecular formula is C6H11N7O. The Balaban J connectivity index is 2.81. The van der Waals surface area contributed by atoms with E-state index in [4.69, 9.17) is 5.73 Å². The molecule has 14 heavy (non-hydrogen) atoms. The van der Waals surface area contributed by atoms with Crippen molar-refractivity contribution < 1.29 is 4.79 Å². The number of H-pyrrole nitrogens is 1. The summed E-state index contributed by atoms with van der Waals surface area (Å²) in [7, 11) is 3.33. The zero-order valence-electron chi connectivity index (χ0n) is 7.85. The van der Waals surface area contributed by atoms with Crippen LogP contribution in [-0.2, 0) is 0 Å². The Morgan fingerprint density at radius 1 is 1.79 bits per heavy atom. The molecule has 0 bridgehead atoms. The maximum absolute atomic E-state index is 10.8. The monoisotopic (exact) mass is 197 g/mol. The summed E-state index contributed by atoms with van der Waals surface area (Å²) in [5.41, 5.74) is 7.89. The van der Waals surface area contributed by atoms with E-state index in [9.17, 15) is 4.79 Å². The minimum absolute atomic E-state index is 0.137. The number of imidazole rings is 1. The van der Waals surface area contributed by atoms with Crippen LogP contribution in [0.15, 0.2) is 16.7 Å². The third kappa shape index (κ3) is 2.26. The summed E-state index contributed by atoms with van der Waals surface area (Å²) < 4.78 is 0. The van der Waals surface area contributed by atoms with Crippen molar-refractivity contribution in [3.8, 4) is 0 Å². The van der Waals surface area contributed by atoms with Crippen LogP contribution in [0.5, 0.6) is 0 Å². The fraction of sp³-hybridized carbons (Fsp3) is 0.333. The van der Waals surface area contributed by atoms with Gasteiger partial charge in [-0.25, -0.2) is 15.5 Å². The van der Waals surface area contributed by atoms with E-state index >= 15 is 0 Å². The van der Waals surface area contributed by atoms with E-state index in [1.807, 2.05) is 0 Å². The highest BCUT2D eigenvalue weighted by Gasteiger charge is 2.09. The van der Waals surface area contributed by atoms with Gasteiger partial charge in [-0.05, 0) is 0 Å². The lowest BCUT2D eigenvalue weighted by Crippen LogP contribution is -2.24. The molecule has 0 radical (unpaired) electrons. The summed E-state index contributed by atoms with van der Waals surface area (Å²) >= 11 is 0. The molecule has 1 aromatic rings. The highest BCUT2D eigenvalue weighted by Crippen LogP contribution is 2.12. The van der Waals surface area contributed by atoms with Gasteiger partial charge in [0.1, 0.15) is 0 Å². The van der Waals surface area contributed by atoms with Crippen molar-refractivity contribution in [2.75, 3.05) is 14.1 Å². The predicted molar refractivity (Wildman–Crippen MR) is 48.4 cm³/mol. The van der Waals surface area contributed by atoms with E-state index in [2.05, 4.69) is 25.7 Å². The molecule has 76 valence electrons. The fourth-order valence-corrected chi connectivity index (χ4v) is 0.698. The van der Waals surface area contributed by atoms with E-state index < -0.39 is 5.91 Å². The van der Waals surface area contributed by atoms with Crippen molar-refractivity contribution in [3.63, 3.8) is 0 Å². The molecule has 4 N–H and O–H groups in total. The highest BCUT2D eigenvalue weighted by atomic mass is 16.1. The predicted octanol–water partition coefficient (Wildman–Crippen LogP) is -0.427. The molecule has 0 aromatic carbocycles. The first-order valence-electron chi connectivity index (χ1n) is 3.81. The summed E-state index contributed by atoms with van der Waals surface area (Å²) in [4.78, 5) is 17.2. The van der Waals surface area contributed by atoms with E-state index in [0.29, 0.717) is 0 Å². The summed E-state index contributed by atoms with van der Waals surface area (Å²) in [6.45, 7) is 0. The van der Waals surface area contributed by atoms with Gasteiger partial charge in [0.25, 0.3) is 5.91 Å². The van der Waals surface area contributed by atoms with Crippen LogP contribution in [-0.4, -0.2) is 35.1 Å². The van der Waals surface area contributed by atoms with Gasteiger partial charge in [0.15, 0.2) is 5.69 Å². The molecule has 0 unspecified atom stereocenters. The smallest absolute Gasteiger partial charge is 0.269 e. The number of rotatable bonds is 4. The summed E-state index contributed by atoms with van der Waals surface area (Å²) in [5.74, 6) is -0.455. The quantitative estimate of drug-likeness (QED) is 0.449. The van der Waals surface area contributed by atoms with Gasteiger partial charge in [-0.1, -0.05) is 5.22 Å². The number of hydrazine groups is 1. The Morgan fingerprint density at radius 3 is 3.07 bits per heavy atom. The molecule has 0 fully saturated rings. The number of primary amides is 1. The van der Waals surface area contributed by atoms with Crippen molar-refractivity contribution in [3.05, 3.63) is 12.0 Å². The number of hydrogen-bond donors (Lipinski definition) is 3. The first-order chi connectivity index (χ1) is 6.65. The normalized spacial score (nSPS) is 10.7. The van der Waals surface area contributed by atoms with Crippen LogP contribution >= 0.6 is 0 Å². The van der Waals surface area contributed by atoms with Crippen LogP contribution in [0.25, 0.3) is 0 Å². The maximum Gasteiger partial charge on any atom is 0.269 e. The number of amides is 1. The van der Waals surface area contributed by atoms with Crippen molar-refractivity contribution in [2.24, 2.45) is 16.1 Å². The van der Waals surface area contributed by atoms with E-state index in [1.165, 1.54) is 11.4 Å². The average molecular weight is 197 g/mol. The zero-order chi connectivity index (χ0) is 10.6. The van der Waals surface area contributed by atoms with Gasteiger partial charge in [0.2, 0.25) is 5.82 Å². The van der Waals surface area contributed by atoms with Gasteiger partial charge in [0, 0.05) is 14.1 Å². The minimum Gasteiger partial charge on any atom is -0.364 e. The van der Waals surface area contributed by atoms with Crippen LogP contribution < -0.4 is 11.2 Å². The minimum atomic E-state index is -0.622. The first kappa shape index (κ1) is 10.1. The number of nitrogens with one attached hydrogen (secondary N) is 2. The van der Waals surface area contributed by atoms with Crippen molar-refractivity contribution in [2.45, 2.75) is 0 Å². The highest BCUT2D eigenvalue weighted by molar-refractivity contribution is 5.94. The number of aromatic amines is 1. The molecular weight excluding hydrogens is 186 g/mol. The summed E-state index contributed by atoms with van der Waals surface area (Å²) in [6, 6.07) is 0. The molecule has 1 amide bonds. The third-order valence-electron chi connectivity index (χ3n) is 1.46. The van der Waals surface area contributed by atoms with Crippen molar-refractivity contribution >= 4 is 11.7 Å². The molecule has 8 heteroatoms. The van der Waals surface area contributed by atoms with Crippen LogP contribution in [0.1, 0.15) is 10.5 Å². The third-order valence-corrected chi connectivity index (χ3v) is 1.46. The van der Waals surface area contributed by atoms with Gasteiger partial charge in [-0.15, -0.1) is 5.11 Å². The lowest BCUT2D eigenvalue weighted by Gasteiger charge is -2.06. The molecule has 0 atom stereocenters. The number of carbonyl (C=O) groups excluding carboxylic acids is 1. The Morgan fingerprint density at radius 2 is 2.50 bits per heavy atom. The average Bonchev–Trinajstić information content (AvgIpc) is 2.62. The Hall–Kier alpha value is -1.96. The number of carbonyl (C=O) groups is 1. The Labute approximate surface area is 80.2 Å². The summed E-state index contributed by atoms with van der Waals surface area (Å²) in [6.07, 6.45) is 1.33. The second-order valence-corrected chi connectivity index (χ2v) is 2.40. The number of nitrogens with two attached hydrogens (primary N) is 1. The SMILES string of the molecule is CNN(C)/N=N/c1nc[nH]c1C(N)=O. The van der Waals surface area contributed by atoms with E-state index in [-0.39, 0.29) is 11.5 Å². The standard InChI is InChI=1S/C6H11N7O/c1-8-13(2)12-11-6-4(5(7)14)9-3-10-6/h3,8H,1-2H3,(H2,7,14)(H,9,10)/b12-11+. The van der Waals surface area contributed by atoms with Crippen LogP contribution in [0, 0.1) is 0 Å². The zero-order valence-corrected chi connectivity index (χ0v) is 7.85. The number of aromatic nitrogens is 2. The van der Waals surface area contributed by atoms with Crippen LogP contribution in [0.4, 0.5) is 5.82 Å². The maximum atomic E-state index is 10.8. The molecule has 0 aliphatic heterocycles. The van der Waals surface area contributed by atoms with Gasteiger partial charge in [0.05, 0.1) is 6.33 Å². The first-order valence-corrected chi connectivity index (χ1v) is 3.81. The second kappa shape index (κ2) is 4.33. The van der Waals surface area contributed by atoms with Gasteiger partial charge < -0.3 is 10.7 Å². The number of hydrogen-bond acceptors (Lipinski definition) is 5. The molecule has 8 nitrogen and oxygen atoms in total. The molecule has 0 aliphatic carbocycles. The Bertz CT molecular complexity index is 344. The second-order valence-electron chi connectivity index (χ2n) is 2.40. The topological polar surface area (TPSA) is 112 Å². The van der Waals surface area contributed by atoms with E-state index in [1.54, 1.807) is 14.1 Å². The van der Waals surface area contributed by atoms with Crippen molar-refractivity contribution in [1.82, 2.24) is 20.5 Å². The number of nitrogens with zero attached hydrogens (tertiary/aromatic N) is 4. The molecule has 0 saturated heterocycles. The Kier molecular flexibility index (Phi) is 3.13. The molecule has 1 rings (SSSR count). The fourth-order valence-electron chi connectivity index (χ4n) is 0.698. The van der Waals surface area contributed by atoms with Gasteiger partial charge >= 0.3 is 0 Å². The van der Waals surface area contributed by atoms with Gasteiger partial charge in [-0.3, -0.25) is 4.79 Å². The van der Waals surface area contributed by atoms with Crippen molar-refractivity contribution in [1.29, 1.82) is 0 Å². The molecule has 0 aliphatic rings. The van der Waals surface area contributed by atoms with Crippen LogP contribution in [0.2, 0.25) is 0 Å². The van der Waals surface area contributed by atoms with E-state index in [0.717, 1.165) is 0 Å². The molecule has 0 spiro atoms. The van der Waals surface area contributed by atoms with Gasteiger partial charge in [-0.2, -0.15) is 0 Å². The summed E-state index contributed by atoms with van der Waals surface area (Å²) in [5, 5.41) is 8.75. The molecule has 0 saturated carbocycles. The van der Waals surface area contributed by atoms with Crippen LogP contribution in [0.3, 0.4) is 0 Å². The largest absolute Gasteiger partial charge is 0.364 e.